The van der Waals surface area contributed by atoms with E-state index >= 15 is 0 Å². The maximum atomic E-state index is 4.63. The zero-order chi connectivity index (χ0) is 14.3. The minimum absolute atomic E-state index is 0. The van der Waals surface area contributed by atoms with Crippen molar-refractivity contribution in [2.45, 2.75) is 47.1 Å². The smallest absolute Gasteiger partial charge is 0.191 e. The Morgan fingerprint density at radius 3 is 2.45 bits per heavy atom. The summed E-state index contributed by atoms with van der Waals surface area (Å²) in [4.78, 5) is 4.63. The molecular weight excluding hydrogens is 365 g/mol. The summed E-state index contributed by atoms with van der Waals surface area (Å²) < 4.78 is 1.91. The molecule has 0 aliphatic rings. The van der Waals surface area contributed by atoms with Gasteiger partial charge in [-0.25, -0.2) is 4.99 Å². The standard InChI is InChI=1S/C14H27N5.HI/c1-6-8-9-16-14(15-7-2)17-10-13-11(3)18-19(5)12(13)4;/h6-10H2,1-5H3,(H2,15,16,17);1H. The second kappa shape index (κ2) is 10.0. The number of aliphatic imine (C=N–C) groups is 1. The van der Waals surface area contributed by atoms with Crippen LogP contribution in [0.5, 0.6) is 0 Å². The van der Waals surface area contributed by atoms with Crippen molar-refractivity contribution in [1.29, 1.82) is 0 Å². The Labute approximate surface area is 139 Å². The highest BCUT2D eigenvalue weighted by Gasteiger charge is 2.08. The number of rotatable bonds is 6. The molecule has 0 spiro atoms. The molecule has 0 amide bonds. The minimum atomic E-state index is 0. The molecule has 116 valence electrons. The Kier molecular flexibility index (Phi) is 9.62. The zero-order valence-electron chi connectivity index (χ0n) is 13.3. The third-order valence-corrected chi connectivity index (χ3v) is 3.22. The number of hydrogen-bond donors (Lipinski definition) is 2. The molecular formula is C14H28IN5. The molecule has 0 saturated heterocycles. The van der Waals surface area contributed by atoms with Crippen molar-refractivity contribution in [3.05, 3.63) is 17.0 Å². The molecule has 6 heteroatoms. The molecule has 0 aromatic carbocycles. The molecule has 0 saturated carbocycles. The van der Waals surface area contributed by atoms with Crippen molar-refractivity contribution < 1.29 is 0 Å². The molecule has 20 heavy (non-hydrogen) atoms. The fourth-order valence-corrected chi connectivity index (χ4v) is 1.93. The fraction of sp³-hybridized carbons (Fsp3) is 0.714. The second-order valence-electron chi connectivity index (χ2n) is 4.75. The lowest BCUT2D eigenvalue weighted by Gasteiger charge is -2.10. The predicted octanol–water partition coefficient (Wildman–Crippen LogP) is 2.51. The van der Waals surface area contributed by atoms with Gasteiger partial charge in [-0.1, -0.05) is 13.3 Å². The predicted molar refractivity (Wildman–Crippen MR) is 95.8 cm³/mol. The summed E-state index contributed by atoms with van der Waals surface area (Å²) >= 11 is 0. The van der Waals surface area contributed by atoms with Gasteiger partial charge in [0.2, 0.25) is 0 Å². The van der Waals surface area contributed by atoms with Crippen molar-refractivity contribution in [3.8, 4) is 0 Å². The molecule has 0 atom stereocenters. The average Bonchev–Trinajstić information content (AvgIpc) is 2.61. The first kappa shape index (κ1) is 19.2. The Morgan fingerprint density at radius 2 is 1.95 bits per heavy atom. The van der Waals surface area contributed by atoms with E-state index in [-0.39, 0.29) is 24.0 Å². The van der Waals surface area contributed by atoms with Gasteiger partial charge in [-0.05, 0) is 27.2 Å². The van der Waals surface area contributed by atoms with Crippen molar-refractivity contribution >= 4 is 29.9 Å². The van der Waals surface area contributed by atoms with Gasteiger partial charge in [0.25, 0.3) is 0 Å². The first-order chi connectivity index (χ1) is 9.10. The molecule has 0 aliphatic carbocycles. The SMILES string of the molecule is CCCCNC(=NCc1c(C)nn(C)c1C)NCC.I. The van der Waals surface area contributed by atoms with Crippen LogP contribution >= 0.6 is 24.0 Å². The highest BCUT2D eigenvalue weighted by molar-refractivity contribution is 14.0. The van der Waals surface area contributed by atoms with Gasteiger partial charge in [0.05, 0.1) is 12.2 Å². The highest BCUT2D eigenvalue weighted by atomic mass is 127. The molecule has 0 radical (unpaired) electrons. The van der Waals surface area contributed by atoms with Crippen molar-refractivity contribution in [2.75, 3.05) is 13.1 Å². The van der Waals surface area contributed by atoms with Crippen LogP contribution in [0.3, 0.4) is 0 Å². The van der Waals surface area contributed by atoms with Crippen LogP contribution in [0.4, 0.5) is 0 Å². The third kappa shape index (κ3) is 5.68. The second-order valence-corrected chi connectivity index (χ2v) is 4.75. The van der Waals surface area contributed by atoms with Crippen molar-refractivity contribution in [2.24, 2.45) is 12.0 Å². The lowest BCUT2D eigenvalue weighted by molar-refractivity contribution is 0.726. The summed E-state index contributed by atoms with van der Waals surface area (Å²) in [5, 5.41) is 11.0. The van der Waals surface area contributed by atoms with Crippen LogP contribution in [0, 0.1) is 13.8 Å². The van der Waals surface area contributed by atoms with Crippen LogP contribution in [-0.2, 0) is 13.6 Å². The molecule has 0 fully saturated rings. The monoisotopic (exact) mass is 393 g/mol. The summed E-state index contributed by atoms with van der Waals surface area (Å²) in [6.07, 6.45) is 2.35. The molecule has 2 N–H and O–H groups in total. The van der Waals surface area contributed by atoms with Gasteiger partial charge in [-0.15, -0.1) is 24.0 Å². The maximum absolute atomic E-state index is 4.63. The lowest BCUT2D eigenvalue weighted by Crippen LogP contribution is -2.37. The normalized spacial score (nSPS) is 11.2. The van der Waals surface area contributed by atoms with Gasteiger partial charge < -0.3 is 10.6 Å². The quantitative estimate of drug-likeness (QED) is 0.338. The van der Waals surface area contributed by atoms with E-state index < -0.39 is 0 Å². The first-order valence-electron chi connectivity index (χ1n) is 7.11. The fourth-order valence-electron chi connectivity index (χ4n) is 1.93. The molecule has 1 rings (SSSR count). The van der Waals surface area contributed by atoms with E-state index in [0.717, 1.165) is 31.2 Å². The Morgan fingerprint density at radius 1 is 1.25 bits per heavy atom. The molecule has 1 heterocycles. The third-order valence-electron chi connectivity index (χ3n) is 3.22. The van der Waals surface area contributed by atoms with Crippen molar-refractivity contribution in [3.63, 3.8) is 0 Å². The van der Waals surface area contributed by atoms with Gasteiger partial charge in [-0.2, -0.15) is 5.10 Å². The number of aryl methyl sites for hydroxylation is 2. The zero-order valence-corrected chi connectivity index (χ0v) is 15.6. The number of nitrogens with one attached hydrogen (secondary N) is 2. The summed E-state index contributed by atoms with van der Waals surface area (Å²) in [7, 11) is 1.97. The van der Waals surface area contributed by atoms with E-state index in [1.165, 1.54) is 17.7 Å². The first-order valence-corrected chi connectivity index (χ1v) is 7.11. The topological polar surface area (TPSA) is 54.2 Å². The Hall–Kier alpha value is -0.790. The molecule has 5 nitrogen and oxygen atoms in total. The molecule has 1 aromatic rings. The minimum Gasteiger partial charge on any atom is -0.357 e. The number of halogens is 1. The van der Waals surface area contributed by atoms with Crippen LogP contribution in [0.2, 0.25) is 0 Å². The van der Waals surface area contributed by atoms with Gasteiger partial charge >= 0.3 is 0 Å². The molecule has 1 aromatic heterocycles. The van der Waals surface area contributed by atoms with Crippen LogP contribution in [0.1, 0.15) is 43.6 Å². The number of aromatic nitrogens is 2. The van der Waals surface area contributed by atoms with Crippen LogP contribution in [0.15, 0.2) is 4.99 Å². The van der Waals surface area contributed by atoms with Crippen LogP contribution < -0.4 is 10.6 Å². The van der Waals surface area contributed by atoms with Crippen molar-refractivity contribution in [1.82, 2.24) is 20.4 Å². The van der Waals surface area contributed by atoms with E-state index in [0.29, 0.717) is 6.54 Å². The summed E-state index contributed by atoms with van der Waals surface area (Å²) in [5.41, 5.74) is 3.47. The van der Waals surface area contributed by atoms with Gasteiger partial charge in [0, 0.05) is 31.4 Å². The Balaban J connectivity index is 0.00000361. The molecule has 0 bridgehead atoms. The van der Waals surface area contributed by atoms with Gasteiger partial charge in [0.15, 0.2) is 5.96 Å². The average molecular weight is 393 g/mol. The van der Waals surface area contributed by atoms with Crippen LogP contribution in [0.25, 0.3) is 0 Å². The van der Waals surface area contributed by atoms with E-state index in [2.05, 4.69) is 41.5 Å². The number of nitrogens with zero attached hydrogens (tertiary/aromatic N) is 3. The van der Waals surface area contributed by atoms with E-state index in [9.17, 15) is 0 Å². The van der Waals surface area contributed by atoms with E-state index in [1.807, 2.05) is 18.7 Å². The lowest BCUT2D eigenvalue weighted by atomic mass is 10.2. The summed E-state index contributed by atoms with van der Waals surface area (Å²) in [6, 6.07) is 0. The summed E-state index contributed by atoms with van der Waals surface area (Å²) in [5.74, 6) is 0.888. The number of guanidine groups is 1. The summed E-state index contributed by atoms with van der Waals surface area (Å²) in [6.45, 7) is 10.9. The largest absolute Gasteiger partial charge is 0.357 e. The number of unbranched alkanes of at least 4 members (excludes halogenated alkanes) is 1. The highest BCUT2D eigenvalue weighted by Crippen LogP contribution is 2.12. The van der Waals surface area contributed by atoms with Crippen LogP contribution in [-0.4, -0.2) is 28.8 Å². The molecule has 0 unspecified atom stereocenters. The van der Waals surface area contributed by atoms with E-state index in [1.54, 1.807) is 0 Å². The number of hydrogen-bond acceptors (Lipinski definition) is 2. The van der Waals surface area contributed by atoms with E-state index in [4.69, 9.17) is 0 Å². The maximum Gasteiger partial charge on any atom is 0.191 e. The molecule has 0 aliphatic heterocycles. The van der Waals surface area contributed by atoms with Gasteiger partial charge in [0.1, 0.15) is 0 Å². The Bertz CT molecular complexity index is 425. The van der Waals surface area contributed by atoms with Gasteiger partial charge in [-0.3, -0.25) is 4.68 Å².